The number of aryl methyl sites for hydroxylation is 2. The molecule has 17 heteroatoms. The third kappa shape index (κ3) is 7.74. The van der Waals surface area contributed by atoms with Crippen LogP contribution in [0.4, 0.5) is 5.95 Å². The Morgan fingerprint density at radius 3 is 1.82 bits per heavy atom. The standard InChI is InChI=1S/C23H21N11O2.2ClH.2Co/c1-14-3-16-7-24-11-20-30-26-12-33(20)28-9-18-6-15(2)4-17(22(18)36)8-25-31-23-32-27-13-34(23)29-10-19(5-14)21(16)35;;;;/h3-10,12-13,35-36H,11H2,1-2H3,(H,31,32);2*1H;;/q;;;2*+2/p-4/b24-7?,25-8+,28-9+,29-10+;;;;. The van der Waals surface area contributed by atoms with E-state index in [-0.39, 0.29) is 82.4 Å². The Bertz CT molecular complexity index is 1450. The summed E-state index contributed by atoms with van der Waals surface area (Å²) in [6.07, 6.45) is 8.49. The van der Waals surface area contributed by atoms with Crippen LogP contribution in [0.15, 0.2) is 57.2 Å². The van der Waals surface area contributed by atoms with Gasteiger partial charge in [-0.05, 0) is 47.2 Å². The molecule has 40 heavy (non-hydrogen) atoms. The molecule has 0 atom stereocenters. The summed E-state index contributed by atoms with van der Waals surface area (Å²) in [5.41, 5.74) is 5.92. The fourth-order valence-electron chi connectivity index (χ4n) is 3.52. The number of hydrazone groups is 1. The van der Waals surface area contributed by atoms with E-state index in [1.165, 1.54) is 46.9 Å². The van der Waals surface area contributed by atoms with Crippen molar-refractivity contribution < 1.29 is 68.6 Å². The van der Waals surface area contributed by atoms with Crippen LogP contribution in [0.5, 0.6) is 11.5 Å². The summed E-state index contributed by atoms with van der Waals surface area (Å²) in [6.45, 7) is 3.86. The minimum absolute atomic E-state index is 0. The Balaban J connectivity index is 0.00000200. The average Bonchev–Trinajstić information content (AvgIpc) is 3.49. The van der Waals surface area contributed by atoms with Gasteiger partial charge < -0.3 is 35.0 Å². The van der Waals surface area contributed by atoms with Gasteiger partial charge in [0.2, 0.25) is 0 Å². The first-order chi connectivity index (χ1) is 17.5. The Labute approximate surface area is 261 Å². The van der Waals surface area contributed by atoms with Crippen LogP contribution in [0.1, 0.15) is 39.2 Å². The molecular weight excluding hydrogens is 651 g/mol. The molecule has 1 N–H and O–H groups in total. The molecule has 0 amide bonds. The van der Waals surface area contributed by atoms with Gasteiger partial charge in [0, 0.05) is 6.21 Å². The van der Waals surface area contributed by atoms with Crippen LogP contribution in [0.25, 0.3) is 0 Å². The van der Waals surface area contributed by atoms with E-state index >= 15 is 0 Å². The molecule has 0 unspecified atom stereocenters. The van der Waals surface area contributed by atoms with E-state index in [4.69, 9.17) is 0 Å². The monoisotopic (exact) mass is 669 g/mol. The minimum atomic E-state index is -0.256. The van der Waals surface area contributed by atoms with Gasteiger partial charge in [-0.25, -0.2) is 10.1 Å². The fraction of sp³-hybridized carbons (Fsp3) is 0.130. The van der Waals surface area contributed by atoms with Crippen molar-refractivity contribution in [3.63, 3.8) is 0 Å². The van der Waals surface area contributed by atoms with Crippen molar-refractivity contribution >= 4 is 30.8 Å². The van der Waals surface area contributed by atoms with E-state index in [1.54, 1.807) is 24.3 Å². The summed E-state index contributed by atoms with van der Waals surface area (Å²) >= 11 is 0. The summed E-state index contributed by atoms with van der Waals surface area (Å²) in [7, 11) is 0. The second-order valence-electron chi connectivity index (χ2n) is 7.96. The van der Waals surface area contributed by atoms with Crippen LogP contribution >= 0.6 is 0 Å². The third-order valence-corrected chi connectivity index (χ3v) is 5.18. The van der Waals surface area contributed by atoms with Gasteiger partial charge >= 0.3 is 33.6 Å². The Morgan fingerprint density at radius 1 is 0.700 bits per heavy atom. The van der Waals surface area contributed by atoms with E-state index in [2.05, 4.69) is 46.1 Å². The Morgan fingerprint density at radius 2 is 1.20 bits per heavy atom. The number of anilines is 1. The van der Waals surface area contributed by atoms with Crippen molar-refractivity contribution in [1.29, 1.82) is 0 Å². The number of benzene rings is 2. The number of halogens is 2. The summed E-state index contributed by atoms with van der Waals surface area (Å²) in [5, 5.41) is 54.3. The molecule has 13 nitrogen and oxygen atoms in total. The van der Waals surface area contributed by atoms with E-state index in [0.717, 1.165) is 11.1 Å². The number of nitrogens with zero attached hydrogens (tertiary/aromatic N) is 10. The number of hydrogen-bond acceptors (Lipinski definition) is 11. The maximum Gasteiger partial charge on any atom is 2.00 e. The molecule has 4 bridgehead atoms. The van der Waals surface area contributed by atoms with Gasteiger partial charge in [-0.3, -0.25) is 4.99 Å². The molecule has 2 aromatic heterocycles. The molecule has 0 saturated carbocycles. The molecule has 0 spiro atoms. The molecule has 0 fully saturated rings. The Kier molecular flexibility index (Phi) is 13.1. The van der Waals surface area contributed by atoms with Crippen molar-refractivity contribution in [2.75, 3.05) is 5.43 Å². The zero-order chi connectivity index (χ0) is 25.1. The molecule has 2 radical (unpaired) electrons. The SMILES string of the molecule is Cc1cc2c([O-])c(c1)/C=N/n1cnnc1N/N=C/c1cc(C)cc(c1[O-])/C=N/n1cnnc1CN=C2.[Cl-].[Cl-].[Co+2].[Co+2]. The van der Waals surface area contributed by atoms with Crippen molar-refractivity contribution in [2.45, 2.75) is 20.4 Å². The summed E-state index contributed by atoms with van der Waals surface area (Å²) in [6, 6.07) is 6.90. The molecule has 1 aliphatic rings. The molecule has 4 aromatic rings. The molecular formula is C23H19Cl2Co2N11O2. The first-order valence-corrected chi connectivity index (χ1v) is 10.8. The van der Waals surface area contributed by atoms with Gasteiger partial charge in [0.05, 0.1) is 18.6 Å². The molecule has 0 saturated heterocycles. The van der Waals surface area contributed by atoms with Gasteiger partial charge in [-0.1, -0.05) is 35.8 Å². The number of nitrogens with one attached hydrogen (secondary N) is 1. The fourth-order valence-corrected chi connectivity index (χ4v) is 3.52. The number of hydrogen-bond donors (Lipinski definition) is 1. The zero-order valence-electron chi connectivity index (χ0n) is 20.7. The maximum atomic E-state index is 12.9. The van der Waals surface area contributed by atoms with Crippen molar-refractivity contribution in [3.05, 3.63) is 76.1 Å². The van der Waals surface area contributed by atoms with Gasteiger partial charge in [0.25, 0.3) is 5.95 Å². The third-order valence-electron chi connectivity index (χ3n) is 5.18. The van der Waals surface area contributed by atoms with Crippen LogP contribution in [0, 0.1) is 13.8 Å². The molecule has 5 rings (SSSR count). The smallest absolute Gasteiger partial charge is 1.00 e. The predicted octanol–water partition coefficient (Wildman–Crippen LogP) is -5.22. The molecule has 3 heterocycles. The first kappa shape index (κ1) is 34.4. The average molecular weight is 670 g/mol. The first-order valence-electron chi connectivity index (χ1n) is 10.8. The van der Waals surface area contributed by atoms with Crippen LogP contribution in [0.3, 0.4) is 0 Å². The zero-order valence-corrected chi connectivity index (χ0v) is 24.3. The number of aliphatic imine (C=N–C) groups is 1. The second kappa shape index (κ2) is 15.3. The van der Waals surface area contributed by atoms with Gasteiger partial charge in [0.15, 0.2) is 5.82 Å². The number of aromatic nitrogens is 6. The normalized spacial score (nSPS) is 14.2. The van der Waals surface area contributed by atoms with E-state index in [0.29, 0.717) is 28.1 Å². The summed E-state index contributed by atoms with van der Waals surface area (Å²) < 4.78 is 2.75. The summed E-state index contributed by atoms with van der Waals surface area (Å²) in [4.78, 5) is 4.35. The Hall–Kier alpha value is -3.61. The van der Waals surface area contributed by atoms with E-state index in [9.17, 15) is 10.2 Å². The van der Waals surface area contributed by atoms with Gasteiger partial charge in [-0.15, -0.1) is 20.4 Å². The van der Waals surface area contributed by atoms with Crippen LogP contribution in [-0.2, 0) is 40.1 Å². The number of rotatable bonds is 0. The van der Waals surface area contributed by atoms with Crippen LogP contribution < -0.4 is 40.5 Å². The quantitative estimate of drug-likeness (QED) is 0.195. The van der Waals surface area contributed by atoms with Gasteiger partial charge in [-0.2, -0.15) is 20.0 Å². The molecule has 2 aromatic carbocycles. The minimum Gasteiger partial charge on any atom is -1.00 e. The van der Waals surface area contributed by atoms with Crippen LogP contribution in [-0.4, -0.2) is 54.6 Å². The maximum absolute atomic E-state index is 12.9. The van der Waals surface area contributed by atoms with E-state index < -0.39 is 0 Å². The van der Waals surface area contributed by atoms with Crippen molar-refractivity contribution in [2.24, 2.45) is 20.3 Å². The van der Waals surface area contributed by atoms with Gasteiger partial charge in [0.1, 0.15) is 19.2 Å². The summed E-state index contributed by atoms with van der Waals surface area (Å²) in [5.74, 6) is 0.138. The number of fused-ring (bicyclic) bond motifs is 6. The van der Waals surface area contributed by atoms with Crippen LogP contribution in [0.2, 0.25) is 0 Å². The molecule has 0 aliphatic carbocycles. The topological polar surface area (TPSA) is 169 Å². The largest absolute Gasteiger partial charge is 2.00 e. The van der Waals surface area contributed by atoms with E-state index in [1.807, 2.05) is 13.8 Å². The van der Waals surface area contributed by atoms with Crippen molar-refractivity contribution in [3.8, 4) is 11.5 Å². The molecule has 210 valence electrons. The molecule has 1 aliphatic heterocycles. The second-order valence-corrected chi connectivity index (χ2v) is 7.96. The van der Waals surface area contributed by atoms with Crippen molar-refractivity contribution in [1.82, 2.24) is 29.7 Å². The predicted molar refractivity (Wildman–Crippen MR) is 130 cm³/mol.